The summed E-state index contributed by atoms with van der Waals surface area (Å²) in [4.78, 5) is 39.9. The van der Waals surface area contributed by atoms with Crippen LogP contribution < -0.4 is 5.32 Å². The molecular formula is C19H21N3O3S2. The second kappa shape index (κ2) is 9.14. The van der Waals surface area contributed by atoms with Crippen LogP contribution in [-0.2, 0) is 14.4 Å². The molecule has 2 fully saturated rings. The van der Waals surface area contributed by atoms with Gasteiger partial charge in [-0.1, -0.05) is 54.3 Å². The topological polar surface area (TPSA) is 69.7 Å². The number of carbonyl (C=O) groups is 3. The van der Waals surface area contributed by atoms with Crippen molar-refractivity contribution in [2.75, 3.05) is 26.2 Å². The zero-order chi connectivity index (χ0) is 19.2. The second-order valence-corrected chi connectivity index (χ2v) is 8.04. The molecule has 8 heteroatoms. The van der Waals surface area contributed by atoms with Gasteiger partial charge in [0.2, 0.25) is 11.8 Å². The first-order valence-corrected chi connectivity index (χ1v) is 10.1. The maximum Gasteiger partial charge on any atom is 0.266 e. The van der Waals surface area contributed by atoms with Gasteiger partial charge >= 0.3 is 0 Å². The van der Waals surface area contributed by atoms with Crippen LogP contribution in [0.15, 0.2) is 35.2 Å². The molecule has 27 heavy (non-hydrogen) atoms. The smallest absolute Gasteiger partial charge is 0.266 e. The summed E-state index contributed by atoms with van der Waals surface area (Å²) in [6.45, 7) is 1.84. The summed E-state index contributed by atoms with van der Waals surface area (Å²) >= 11 is 6.46. The van der Waals surface area contributed by atoms with E-state index in [1.165, 1.54) is 16.7 Å². The van der Waals surface area contributed by atoms with E-state index in [1.807, 2.05) is 35.2 Å². The monoisotopic (exact) mass is 403 g/mol. The normalized spacial score (nSPS) is 18.7. The minimum atomic E-state index is -0.250. The van der Waals surface area contributed by atoms with Crippen LogP contribution in [-0.4, -0.2) is 58.0 Å². The average molecular weight is 404 g/mol. The molecule has 0 saturated carbocycles. The fourth-order valence-electron chi connectivity index (χ4n) is 2.97. The molecule has 0 unspecified atom stereocenters. The summed E-state index contributed by atoms with van der Waals surface area (Å²) in [5, 5.41) is 2.79. The van der Waals surface area contributed by atoms with Crippen molar-refractivity contribution in [3.05, 3.63) is 40.8 Å². The quantitative estimate of drug-likeness (QED) is 0.429. The summed E-state index contributed by atoms with van der Waals surface area (Å²) in [6, 6.07) is 9.52. The van der Waals surface area contributed by atoms with Crippen LogP contribution in [0.4, 0.5) is 0 Å². The fraction of sp³-hybridized carbons (Fsp3) is 0.368. The molecule has 3 rings (SSSR count). The lowest BCUT2D eigenvalue weighted by Crippen LogP contribution is -2.40. The Hall–Kier alpha value is -2.19. The molecule has 0 aliphatic carbocycles. The zero-order valence-electron chi connectivity index (χ0n) is 14.8. The van der Waals surface area contributed by atoms with Crippen molar-refractivity contribution in [3.63, 3.8) is 0 Å². The van der Waals surface area contributed by atoms with Gasteiger partial charge in [-0.05, 0) is 24.5 Å². The van der Waals surface area contributed by atoms with Crippen LogP contribution in [0.25, 0.3) is 6.08 Å². The van der Waals surface area contributed by atoms with Gasteiger partial charge in [-0.2, -0.15) is 0 Å². The number of thiocarbonyl (C=S) groups is 1. The maximum atomic E-state index is 12.5. The predicted molar refractivity (Wildman–Crippen MR) is 110 cm³/mol. The van der Waals surface area contributed by atoms with Crippen LogP contribution in [0, 0.1) is 0 Å². The molecule has 142 valence electrons. The third kappa shape index (κ3) is 5.17. The molecule has 0 spiro atoms. The highest BCUT2D eigenvalue weighted by molar-refractivity contribution is 8.26. The van der Waals surface area contributed by atoms with Crippen molar-refractivity contribution in [3.8, 4) is 0 Å². The molecule has 1 aromatic carbocycles. The first-order valence-electron chi connectivity index (χ1n) is 8.89. The Morgan fingerprint density at radius 3 is 2.74 bits per heavy atom. The van der Waals surface area contributed by atoms with E-state index in [1.54, 1.807) is 6.08 Å². The van der Waals surface area contributed by atoms with Crippen LogP contribution in [0.3, 0.4) is 0 Å². The van der Waals surface area contributed by atoms with Crippen molar-refractivity contribution in [1.82, 2.24) is 15.1 Å². The molecule has 1 N–H and O–H groups in total. The molecule has 0 bridgehead atoms. The SMILES string of the molecule is O=C(CN1C(=O)/C(=C/c2ccccc2)SC1=S)NCCCN1CCCC1=O. The van der Waals surface area contributed by atoms with Crippen LogP contribution in [0.1, 0.15) is 24.8 Å². The van der Waals surface area contributed by atoms with Gasteiger partial charge in [-0.25, -0.2) is 0 Å². The largest absolute Gasteiger partial charge is 0.354 e. The lowest BCUT2D eigenvalue weighted by atomic mass is 10.2. The number of benzene rings is 1. The molecule has 0 atom stereocenters. The first-order chi connectivity index (χ1) is 13.0. The van der Waals surface area contributed by atoms with E-state index in [9.17, 15) is 14.4 Å². The average Bonchev–Trinajstić information content (AvgIpc) is 3.18. The van der Waals surface area contributed by atoms with E-state index in [0.717, 1.165) is 18.5 Å². The molecule has 1 aromatic rings. The number of nitrogens with zero attached hydrogens (tertiary/aromatic N) is 2. The molecule has 3 amide bonds. The van der Waals surface area contributed by atoms with Gasteiger partial charge in [-0.15, -0.1) is 0 Å². The summed E-state index contributed by atoms with van der Waals surface area (Å²) < 4.78 is 0.389. The van der Waals surface area contributed by atoms with Crippen molar-refractivity contribution in [1.29, 1.82) is 0 Å². The Kier molecular flexibility index (Phi) is 6.63. The minimum Gasteiger partial charge on any atom is -0.354 e. The standard InChI is InChI=1S/C19H21N3O3S2/c23-16(20-9-5-11-21-10-4-8-17(21)24)13-22-18(25)15(27-19(22)26)12-14-6-2-1-3-7-14/h1-3,6-7,12H,4-5,8-11,13H2,(H,20,23)/b15-12-. The number of nitrogens with one attached hydrogen (secondary N) is 1. The van der Waals surface area contributed by atoms with Gasteiger partial charge in [0.25, 0.3) is 5.91 Å². The Morgan fingerprint density at radius 1 is 1.26 bits per heavy atom. The van der Waals surface area contributed by atoms with Crippen LogP contribution >= 0.6 is 24.0 Å². The molecular weight excluding hydrogens is 382 g/mol. The summed E-state index contributed by atoms with van der Waals surface area (Å²) in [5.41, 5.74) is 0.916. The second-order valence-electron chi connectivity index (χ2n) is 6.37. The highest BCUT2D eigenvalue weighted by atomic mass is 32.2. The van der Waals surface area contributed by atoms with Gasteiger partial charge < -0.3 is 10.2 Å². The zero-order valence-corrected chi connectivity index (χ0v) is 16.5. The molecule has 2 heterocycles. The van der Waals surface area contributed by atoms with Gasteiger partial charge in [-0.3, -0.25) is 19.3 Å². The number of hydrogen-bond donors (Lipinski definition) is 1. The molecule has 2 aliphatic heterocycles. The maximum absolute atomic E-state index is 12.5. The lowest BCUT2D eigenvalue weighted by molar-refractivity contribution is -0.129. The number of carbonyl (C=O) groups excluding carboxylic acids is 3. The first kappa shape index (κ1) is 19.6. The molecule has 0 radical (unpaired) electrons. The third-order valence-electron chi connectivity index (χ3n) is 4.37. The van der Waals surface area contributed by atoms with Gasteiger partial charge in [0.05, 0.1) is 4.91 Å². The molecule has 0 aromatic heterocycles. The van der Waals surface area contributed by atoms with Crippen molar-refractivity contribution in [2.45, 2.75) is 19.3 Å². The Bertz CT molecular complexity index is 780. The summed E-state index contributed by atoms with van der Waals surface area (Å²) in [6.07, 6.45) is 4.02. The van der Waals surface area contributed by atoms with E-state index >= 15 is 0 Å². The van der Waals surface area contributed by atoms with E-state index in [2.05, 4.69) is 5.32 Å². The van der Waals surface area contributed by atoms with E-state index in [-0.39, 0.29) is 24.3 Å². The Morgan fingerprint density at radius 2 is 2.04 bits per heavy atom. The van der Waals surface area contributed by atoms with Gasteiger partial charge in [0.15, 0.2) is 0 Å². The predicted octanol–water partition coefficient (Wildman–Crippen LogP) is 2.02. The summed E-state index contributed by atoms with van der Waals surface area (Å²) in [7, 11) is 0. The molecule has 2 saturated heterocycles. The van der Waals surface area contributed by atoms with E-state index in [0.29, 0.717) is 35.2 Å². The highest BCUT2D eigenvalue weighted by Gasteiger charge is 2.33. The van der Waals surface area contributed by atoms with Gasteiger partial charge in [0, 0.05) is 26.1 Å². The molecule has 2 aliphatic rings. The van der Waals surface area contributed by atoms with Crippen molar-refractivity contribution >= 4 is 52.1 Å². The highest BCUT2D eigenvalue weighted by Crippen LogP contribution is 2.32. The van der Waals surface area contributed by atoms with Gasteiger partial charge in [0.1, 0.15) is 10.9 Å². The number of hydrogen-bond acceptors (Lipinski definition) is 5. The lowest BCUT2D eigenvalue weighted by Gasteiger charge is -2.16. The van der Waals surface area contributed by atoms with Crippen LogP contribution in [0.5, 0.6) is 0 Å². The summed E-state index contributed by atoms with van der Waals surface area (Å²) in [5.74, 6) is -0.309. The Balaban J connectivity index is 1.46. The minimum absolute atomic E-state index is 0.0839. The number of rotatable bonds is 7. The number of likely N-dealkylation sites (tertiary alicyclic amines) is 1. The Labute approximate surface area is 168 Å². The van der Waals surface area contributed by atoms with Crippen molar-refractivity contribution in [2.24, 2.45) is 0 Å². The third-order valence-corrected chi connectivity index (χ3v) is 5.75. The van der Waals surface area contributed by atoms with E-state index < -0.39 is 0 Å². The fourth-order valence-corrected chi connectivity index (χ4v) is 4.23. The van der Waals surface area contributed by atoms with Crippen LogP contribution in [0.2, 0.25) is 0 Å². The van der Waals surface area contributed by atoms with Crippen molar-refractivity contribution < 1.29 is 14.4 Å². The van der Waals surface area contributed by atoms with E-state index in [4.69, 9.17) is 12.2 Å². The number of thioether (sulfide) groups is 1. The number of amides is 3. The molecule has 6 nitrogen and oxygen atoms in total.